The van der Waals surface area contributed by atoms with E-state index in [9.17, 15) is 10.1 Å². The van der Waals surface area contributed by atoms with E-state index < -0.39 is 0 Å². The summed E-state index contributed by atoms with van der Waals surface area (Å²) in [5.41, 5.74) is 2.57. The van der Waals surface area contributed by atoms with Crippen molar-refractivity contribution in [3.05, 3.63) is 75.8 Å². The largest absolute Gasteiger partial charge is 0.313 e. The fraction of sp³-hybridized carbons (Fsp3) is 0.294. The topological polar surface area (TPSA) is 55.2 Å². The number of nitro groups is 1. The van der Waals surface area contributed by atoms with Crippen LogP contribution < -0.4 is 5.32 Å². The van der Waals surface area contributed by atoms with E-state index in [2.05, 4.69) is 29.6 Å². The molecule has 4 nitrogen and oxygen atoms in total. The minimum atomic E-state index is -0.326. The fourth-order valence-corrected chi connectivity index (χ4v) is 3.02. The quantitative estimate of drug-likeness (QED) is 0.691. The molecule has 2 aromatic carbocycles. The summed E-state index contributed by atoms with van der Waals surface area (Å²) in [5.74, 6) is 0.360. The van der Waals surface area contributed by atoms with E-state index in [1.165, 1.54) is 5.56 Å². The molecule has 1 aliphatic heterocycles. The predicted molar refractivity (Wildman–Crippen MR) is 82.4 cm³/mol. The first-order chi connectivity index (χ1) is 10.2. The van der Waals surface area contributed by atoms with Crippen molar-refractivity contribution in [3.8, 4) is 0 Å². The molecule has 0 radical (unpaired) electrons. The van der Waals surface area contributed by atoms with Gasteiger partial charge in [-0.25, -0.2) is 0 Å². The summed E-state index contributed by atoms with van der Waals surface area (Å²) < 4.78 is 0. The second-order valence-electron chi connectivity index (χ2n) is 5.58. The summed E-state index contributed by atoms with van der Waals surface area (Å²) in [6.45, 7) is 0.888. The van der Waals surface area contributed by atoms with Crippen LogP contribution >= 0.6 is 0 Å². The molecule has 2 aromatic rings. The van der Waals surface area contributed by atoms with Gasteiger partial charge in [-0.1, -0.05) is 42.5 Å². The second-order valence-corrected chi connectivity index (χ2v) is 5.58. The standard InChI is InChI=1S/C17H18N2O2/c20-19(21)17-8-4-7-14(11-17)15-10-16(18-12-15)9-13-5-2-1-3-6-13/h1-8,11,15-16,18H,9-10,12H2. The zero-order chi connectivity index (χ0) is 14.7. The maximum absolute atomic E-state index is 10.9. The molecule has 2 atom stereocenters. The van der Waals surface area contributed by atoms with E-state index >= 15 is 0 Å². The molecule has 0 bridgehead atoms. The number of benzene rings is 2. The highest BCUT2D eigenvalue weighted by Crippen LogP contribution is 2.29. The summed E-state index contributed by atoms with van der Waals surface area (Å²) in [6, 6.07) is 17.9. The number of non-ortho nitro benzene ring substituents is 1. The molecule has 0 aliphatic carbocycles. The maximum atomic E-state index is 10.9. The normalized spacial score (nSPS) is 21.3. The van der Waals surface area contributed by atoms with Gasteiger partial charge < -0.3 is 5.32 Å². The first-order valence-electron chi connectivity index (χ1n) is 7.24. The summed E-state index contributed by atoms with van der Waals surface area (Å²) in [6.07, 6.45) is 2.03. The molecule has 4 heteroatoms. The van der Waals surface area contributed by atoms with Crippen LogP contribution in [0, 0.1) is 10.1 Å². The third kappa shape index (κ3) is 3.28. The first-order valence-corrected chi connectivity index (χ1v) is 7.24. The SMILES string of the molecule is O=[N+]([O-])c1cccc(C2CNC(Cc3ccccc3)C2)c1. The Kier molecular flexibility index (Phi) is 3.97. The van der Waals surface area contributed by atoms with Crippen molar-refractivity contribution < 1.29 is 4.92 Å². The average Bonchev–Trinajstić information content (AvgIpc) is 2.97. The van der Waals surface area contributed by atoms with Crippen molar-refractivity contribution in [2.24, 2.45) is 0 Å². The Hall–Kier alpha value is -2.20. The van der Waals surface area contributed by atoms with Crippen LogP contribution in [0.2, 0.25) is 0 Å². The van der Waals surface area contributed by atoms with Gasteiger partial charge in [0.25, 0.3) is 5.69 Å². The molecule has 1 heterocycles. The molecule has 1 saturated heterocycles. The Bertz CT molecular complexity index is 628. The molecular weight excluding hydrogens is 264 g/mol. The molecule has 1 fully saturated rings. The average molecular weight is 282 g/mol. The number of hydrogen-bond acceptors (Lipinski definition) is 3. The van der Waals surface area contributed by atoms with Crippen molar-refractivity contribution >= 4 is 5.69 Å². The highest BCUT2D eigenvalue weighted by Gasteiger charge is 2.26. The smallest absolute Gasteiger partial charge is 0.269 e. The lowest BCUT2D eigenvalue weighted by Crippen LogP contribution is -2.23. The Balaban J connectivity index is 1.67. The Morgan fingerprint density at radius 3 is 2.71 bits per heavy atom. The Labute approximate surface area is 124 Å². The van der Waals surface area contributed by atoms with Gasteiger partial charge >= 0.3 is 0 Å². The van der Waals surface area contributed by atoms with Gasteiger partial charge in [0.05, 0.1) is 4.92 Å². The molecule has 21 heavy (non-hydrogen) atoms. The Morgan fingerprint density at radius 1 is 1.14 bits per heavy atom. The monoisotopic (exact) mass is 282 g/mol. The third-order valence-electron chi connectivity index (χ3n) is 4.10. The van der Waals surface area contributed by atoms with Gasteiger partial charge in [0.2, 0.25) is 0 Å². The van der Waals surface area contributed by atoms with Crippen LogP contribution in [0.25, 0.3) is 0 Å². The number of nitro benzene ring substituents is 1. The summed E-state index contributed by atoms with van der Waals surface area (Å²) in [4.78, 5) is 10.5. The van der Waals surface area contributed by atoms with Crippen LogP contribution in [0.15, 0.2) is 54.6 Å². The van der Waals surface area contributed by atoms with Gasteiger partial charge in [-0.3, -0.25) is 10.1 Å². The van der Waals surface area contributed by atoms with Crippen molar-refractivity contribution in [1.29, 1.82) is 0 Å². The fourth-order valence-electron chi connectivity index (χ4n) is 3.02. The van der Waals surface area contributed by atoms with Gasteiger partial charge in [-0.2, -0.15) is 0 Å². The Morgan fingerprint density at radius 2 is 1.95 bits per heavy atom. The van der Waals surface area contributed by atoms with Gasteiger partial charge in [0.15, 0.2) is 0 Å². The molecule has 108 valence electrons. The zero-order valence-corrected chi connectivity index (χ0v) is 11.7. The van der Waals surface area contributed by atoms with E-state index in [4.69, 9.17) is 0 Å². The van der Waals surface area contributed by atoms with E-state index in [-0.39, 0.29) is 10.6 Å². The molecular formula is C17H18N2O2. The van der Waals surface area contributed by atoms with Crippen LogP contribution in [0.1, 0.15) is 23.5 Å². The number of rotatable bonds is 4. The minimum absolute atomic E-state index is 0.180. The van der Waals surface area contributed by atoms with E-state index in [1.807, 2.05) is 12.1 Å². The minimum Gasteiger partial charge on any atom is -0.313 e. The van der Waals surface area contributed by atoms with Gasteiger partial charge in [-0.15, -0.1) is 0 Å². The molecule has 0 amide bonds. The zero-order valence-electron chi connectivity index (χ0n) is 11.7. The van der Waals surface area contributed by atoms with Gasteiger partial charge in [0.1, 0.15) is 0 Å². The molecule has 3 rings (SSSR count). The van der Waals surface area contributed by atoms with E-state index in [1.54, 1.807) is 18.2 Å². The molecule has 1 aliphatic rings. The lowest BCUT2D eigenvalue weighted by Gasteiger charge is -2.11. The molecule has 2 unspecified atom stereocenters. The van der Waals surface area contributed by atoms with E-state index in [0.29, 0.717) is 12.0 Å². The van der Waals surface area contributed by atoms with Crippen molar-refractivity contribution in [2.45, 2.75) is 24.8 Å². The molecule has 1 N–H and O–H groups in total. The lowest BCUT2D eigenvalue weighted by molar-refractivity contribution is -0.384. The van der Waals surface area contributed by atoms with Crippen LogP contribution in [0.4, 0.5) is 5.69 Å². The van der Waals surface area contributed by atoms with Crippen molar-refractivity contribution in [2.75, 3.05) is 6.54 Å². The summed E-state index contributed by atoms with van der Waals surface area (Å²) >= 11 is 0. The predicted octanol–water partition coefficient (Wildman–Crippen LogP) is 3.28. The van der Waals surface area contributed by atoms with Crippen LogP contribution in [0.5, 0.6) is 0 Å². The second kappa shape index (κ2) is 6.06. The summed E-state index contributed by atoms with van der Waals surface area (Å²) in [7, 11) is 0. The maximum Gasteiger partial charge on any atom is 0.269 e. The molecule has 0 saturated carbocycles. The van der Waals surface area contributed by atoms with Crippen molar-refractivity contribution in [3.63, 3.8) is 0 Å². The summed E-state index contributed by atoms with van der Waals surface area (Å²) in [5, 5.41) is 14.4. The molecule has 0 aromatic heterocycles. The molecule has 0 spiro atoms. The number of nitrogens with one attached hydrogen (secondary N) is 1. The van der Waals surface area contributed by atoms with Crippen LogP contribution in [-0.2, 0) is 6.42 Å². The highest BCUT2D eigenvalue weighted by molar-refractivity contribution is 5.36. The van der Waals surface area contributed by atoms with Gasteiger partial charge in [-0.05, 0) is 29.9 Å². The lowest BCUT2D eigenvalue weighted by atomic mass is 9.94. The van der Waals surface area contributed by atoms with Gasteiger partial charge in [0, 0.05) is 24.7 Å². The third-order valence-corrected chi connectivity index (χ3v) is 4.10. The van der Waals surface area contributed by atoms with Crippen LogP contribution in [0.3, 0.4) is 0 Å². The number of nitrogens with zero attached hydrogens (tertiary/aromatic N) is 1. The van der Waals surface area contributed by atoms with Crippen LogP contribution in [-0.4, -0.2) is 17.5 Å². The van der Waals surface area contributed by atoms with E-state index in [0.717, 1.165) is 24.9 Å². The first kappa shape index (κ1) is 13.8. The number of hydrogen-bond donors (Lipinski definition) is 1. The van der Waals surface area contributed by atoms with Crippen molar-refractivity contribution in [1.82, 2.24) is 5.32 Å². The highest BCUT2D eigenvalue weighted by atomic mass is 16.6.